The smallest absolute Gasteiger partial charge is 0.258 e. The van der Waals surface area contributed by atoms with Crippen molar-refractivity contribution < 1.29 is 9.59 Å². The number of amides is 2. The van der Waals surface area contributed by atoms with E-state index in [0.717, 1.165) is 16.0 Å². The molecule has 2 amide bonds. The first-order valence-electron chi connectivity index (χ1n) is 10.6. The molecular formula is C30H26N2O2. The van der Waals surface area contributed by atoms with E-state index >= 15 is 0 Å². The fourth-order valence-corrected chi connectivity index (χ4v) is 2.78. The van der Waals surface area contributed by atoms with Crippen LogP contribution < -0.4 is 4.90 Å². The lowest BCUT2D eigenvalue weighted by molar-refractivity contribution is -0.119. The molecule has 0 saturated heterocycles. The molecule has 0 aliphatic carbocycles. The second-order valence-electron chi connectivity index (χ2n) is 7.09. The molecule has 0 saturated carbocycles. The molecule has 1 aliphatic rings. The zero-order chi connectivity index (χ0) is 24.6. The molecule has 34 heavy (non-hydrogen) atoms. The molecule has 4 rings (SSSR count). The van der Waals surface area contributed by atoms with Crippen LogP contribution in [0.25, 0.3) is 11.6 Å². The van der Waals surface area contributed by atoms with Crippen molar-refractivity contribution >= 4 is 29.2 Å². The van der Waals surface area contributed by atoms with E-state index in [1.165, 1.54) is 23.8 Å². The highest BCUT2D eigenvalue weighted by Crippen LogP contribution is 2.17. The highest BCUT2D eigenvalue weighted by atomic mass is 16.2. The molecule has 0 aromatic heterocycles. The van der Waals surface area contributed by atoms with Crippen LogP contribution in [0.5, 0.6) is 0 Å². The minimum Gasteiger partial charge on any atom is -0.269 e. The number of allylic oxidation sites excluding steroid dienone is 4. The van der Waals surface area contributed by atoms with Gasteiger partial charge in [0.15, 0.2) is 0 Å². The normalized spacial score (nSPS) is 12.1. The van der Waals surface area contributed by atoms with E-state index in [1.54, 1.807) is 30.3 Å². The Morgan fingerprint density at radius 2 is 1.29 bits per heavy atom. The number of carbonyl (C=O) groups excluding carboxylic acids is 2. The Kier molecular flexibility index (Phi) is 10.8. The van der Waals surface area contributed by atoms with Crippen molar-refractivity contribution in [3.63, 3.8) is 0 Å². The third kappa shape index (κ3) is 8.78. The molecule has 3 aromatic carbocycles. The van der Waals surface area contributed by atoms with E-state index in [9.17, 15) is 9.59 Å². The molecule has 3 aromatic rings. The molecule has 1 heterocycles. The minimum absolute atomic E-state index is 0.281. The van der Waals surface area contributed by atoms with E-state index in [4.69, 9.17) is 5.26 Å². The van der Waals surface area contributed by atoms with Gasteiger partial charge in [-0.2, -0.15) is 5.26 Å². The Balaban J connectivity index is 0.000000183. The topological polar surface area (TPSA) is 61.2 Å². The zero-order valence-corrected chi connectivity index (χ0v) is 19.0. The van der Waals surface area contributed by atoms with Gasteiger partial charge in [-0.3, -0.25) is 9.59 Å². The number of nitriles is 1. The van der Waals surface area contributed by atoms with Gasteiger partial charge in [0, 0.05) is 18.2 Å². The lowest BCUT2D eigenvalue weighted by Crippen LogP contribution is -2.29. The summed E-state index contributed by atoms with van der Waals surface area (Å²) in [6, 6.07) is 30.9. The number of carbonyl (C=O) groups is 2. The van der Waals surface area contributed by atoms with Gasteiger partial charge < -0.3 is 0 Å². The van der Waals surface area contributed by atoms with Gasteiger partial charge in [-0.15, -0.1) is 0 Å². The summed E-state index contributed by atoms with van der Waals surface area (Å²) >= 11 is 0. The predicted molar refractivity (Wildman–Crippen MR) is 139 cm³/mol. The number of para-hydroxylation sites is 1. The Labute approximate surface area is 201 Å². The molecule has 0 spiro atoms. The highest BCUT2D eigenvalue weighted by Gasteiger charge is 2.24. The molecule has 0 N–H and O–H groups in total. The second kappa shape index (κ2) is 14.3. The van der Waals surface area contributed by atoms with Crippen LogP contribution in [0.4, 0.5) is 5.69 Å². The van der Waals surface area contributed by atoms with Gasteiger partial charge in [0.2, 0.25) is 0 Å². The number of rotatable bonds is 4. The maximum Gasteiger partial charge on any atom is 0.258 e. The summed E-state index contributed by atoms with van der Waals surface area (Å²) in [5.74, 6) is -0.563. The average molecular weight is 447 g/mol. The van der Waals surface area contributed by atoms with Crippen molar-refractivity contribution in [2.75, 3.05) is 4.90 Å². The lowest BCUT2D eigenvalue weighted by Gasteiger charge is -2.12. The van der Waals surface area contributed by atoms with Gasteiger partial charge >= 0.3 is 0 Å². The summed E-state index contributed by atoms with van der Waals surface area (Å²) in [6.07, 6.45) is 9.50. The number of anilines is 1. The summed E-state index contributed by atoms with van der Waals surface area (Å²) < 4.78 is 0. The van der Waals surface area contributed by atoms with E-state index in [-0.39, 0.29) is 11.8 Å². The van der Waals surface area contributed by atoms with Crippen LogP contribution in [0, 0.1) is 11.3 Å². The molecule has 0 atom stereocenters. The molecule has 1 aliphatic heterocycles. The minimum atomic E-state index is -0.281. The summed E-state index contributed by atoms with van der Waals surface area (Å²) in [7, 11) is 0. The van der Waals surface area contributed by atoms with Crippen molar-refractivity contribution in [1.82, 2.24) is 0 Å². The Bertz CT molecular complexity index is 1180. The Morgan fingerprint density at radius 1 is 0.794 bits per heavy atom. The average Bonchev–Trinajstić information content (AvgIpc) is 3.22. The Hall–Kier alpha value is -4.75. The molecule has 4 nitrogen and oxygen atoms in total. The van der Waals surface area contributed by atoms with Crippen LogP contribution in [0.3, 0.4) is 0 Å². The zero-order valence-electron chi connectivity index (χ0n) is 19.0. The predicted octanol–water partition coefficient (Wildman–Crippen LogP) is 6.62. The van der Waals surface area contributed by atoms with Crippen LogP contribution in [-0.4, -0.2) is 11.8 Å². The molecule has 0 fully saturated rings. The number of imide groups is 1. The molecule has 4 heteroatoms. The first kappa shape index (κ1) is 25.5. The summed E-state index contributed by atoms with van der Waals surface area (Å²) in [6.45, 7) is 5.83. The summed E-state index contributed by atoms with van der Waals surface area (Å²) in [5.41, 5.74) is 4.09. The van der Waals surface area contributed by atoms with Gasteiger partial charge in [0.05, 0.1) is 11.8 Å². The maximum atomic E-state index is 11.2. The van der Waals surface area contributed by atoms with Gasteiger partial charge in [-0.25, -0.2) is 4.90 Å². The van der Waals surface area contributed by atoms with E-state index in [1.807, 2.05) is 79.7 Å². The third-order valence-corrected chi connectivity index (χ3v) is 4.46. The molecule has 168 valence electrons. The van der Waals surface area contributed by atoms with Crippen LogP contribution in [0.1, 0.15) is 18.1 Å². The van der Waals surface area contributed by atoms with Crippen molar-refractivity contribution in [1.29, 1.82) is 5.26 Å². The third-order valence-electron chi connectivity index (χ3n) is 4.46. The van der Waals surface area contributed by atoms with Crippen molar-refractivity contribution in [2.45, 2.75) is 6.92 Å². The first-order valence-corrected chi connectivity index (χ1v) is 10.6. The standard InChI is InChI=1S/C11H9N.C10H7NO2.C9H10/c12-10-6-2-5-9-11-7-3-1-4-8-11;12-9-6-7-10(13)11(9)8-4-2-1-3-5-8;1-8(2)9-6-4-3-5-7-9/h1-9H;1-7H;3-7H,1H2,2H3. The van der Waals surface area contributed by atoms with Crippen LogP contribution in [0.2, 0.25) is 0 Å². The monoisotopic (exact) mass is 446 g/mol. The van der Waals surface area contributed by atoms with Crippen molar-refractivity contribution in [2.24, 2.45) is 0 Å². The van der Waals surface area contributed by atoms with Gasteiger partial charge in [0.1, 0.15) is 0 Å². The molecule has 0 bridgehead atoms. The molecule has 0 unspecified atom stereocenters. The highest BCUT2D eigenvalue weighted by molar-refractivity contribution is 6.28. The quantitative estimate of drug-likeness (QED) is 0.257. The number of benzene rings is 3. The number of hydrogen-bond donors (Lipinski definition) is 0. The number of nitrogens with zero attached hydrogens (tertiary/aromatic N) is 2. The van der Waals surface area contributed by atoms with E-state index in [0.29, 0.717) is 5.69 Å². The van der Waals surface area contributed by atoms with E-state index < -0.39 is 0 Å². The second-order valence-corrected chi connectivity index (χ2v) is 7.09. The van der Waals surface area contributed by atoms with Gasteiger partial charge in [-0.1, -0.05) is 109 Å². The fourth-order valence-electron chi connectivity index (χ4n) is 2.78. The SMILES string of the molecule is C=C(C)c1ccccc1.N#CC=CC=Cc1ccccc1.O=C1C=CC(=O)N1c1ccccc1. The molecular weight excluding hydrogens is 420 g/mol. The lowest BCUT2D eigenvalue weighted by atomic mass is 10.1. The van der Waals surface area contributed by atoms with Crippen molar-refractivity contribution in [3.05, 3.63) is 139 Å². The Morgan fingerprint density at radius 3 is 1.76 bits per heavy atom. The number of hydrogen-bond acceptors (Lipinski definition) is 3. The first-order chi connectivity index (χ1) is 16.5. The van der Waals surface area contributed by atoms with Crippen LogP contribution >= 0.6 is 0 Å². The summed E-state index contributed by atoms with van der Waals surface area (Å²) in [5, 5.41) is 8.19. The summed E-state index contributed by atoms with van der Waals surface area (Å²) in [4.78, 5) is 23.5. The van der Waals surface area contributed by atoms with Gasteiger partial charge in [0.25, 0.3) is 11.8 Å². The van der Waals surface area contributed by atoms with Crippen LogP contribution in [0.15, 0.2) is 128 Å². The fraction of sp³-hybridized carbons (Fsp3) is 0.0333. The molecule has 0 radical (unpaired) electrons. The van der Waals surface area contributed by atoms with Crippen molar-refractivity contribution in [3.8, 4) is 6.07 Å². The van der Waals surface area contributed by atoms with Crippen LogP contribution in [-0.2, 0) is 9.59 Å². The van der Waals surface area contributed by atoms with E-state index in [2.05, 4.69) is 18.7 Å². The van der Waals surface area contributed by atoms with Gasteiger partial charge in [-0.05, 0) is 30.2 Å². The largest absolute Gasteiger partial charge is 0.269 e. The maximum absolute atomic E-state index is 11.2.